The molecular formula is C14H14N4O2. The molecule has 6 nitrogen and oxygen atoms in total. The van der Waals surface area contributed by atoms with Gasteiger partial charge in [0.15, 0.2) is 0 Å². The second-order valence-corrected chi connectivity index (χ2v) is 4.16. The van der Waals surface area contributed by atoms with E-state index in [1.165, 1.54) is 6.33 Å². The van der Waals surface area contributed by atoms with Crippen LogP contribution < -0.4 is 10.1 Å². The quantitative estimate of drug-likeness (QED) is 0.785. The molecule has 0 aliphatic carbocycles. The van der Waals surface area contributed by atoms with Crippen LogP contribution in [-0.2, 0) is 0 Å². The summed E-state index contributed by atoms with van der Waals surface area (Å²) in [7, 11) is 1.63. The molecule has 3 aromatic rings. The van der Waals surface area contributed by atoms with Crippen LogP contribution in [0.1, 0.15) is 6.92 Å². The molecular weight excluding hydrogens is 256 g/mol. The molecule has 0 fully saturated rings. The van der Waals surface area contributed by atoms with E-state index in [2.05, 4.69) is 20.4 Å². The fraction of sp³-hybridized carbons (Fsp3) is 0.214. The lowest BCUT2D eigenvalue weighted by Gasteiger charge is -2.07. The van der Waals surface area contributed by atoms with Crippen LogP contribution in [0.5, 0.6) is 5.75 Å². The van der Waals surface area contributed by atoms with Gasteiger partial charge in [-0.05, 0) is 19.1 Å². The molecule has 0 atom stereocenters. The van der Waals surface area contributed by atoms with Crippen molar-refractivity contribution in [3.63, 3.8) is 0 Å². The summed E-state index contributed by atoms with van der Waals surface area (Å²) in [6, 6.07) is 7.65. The van der Waals surface area contributed by atoms with E-state index >= 15 is 0 Å². The van der Waals surface area contributed by atoms with Crippen LogP contribution in [0.25, 0.3) is 22.4 Å². The Bertz CT molecular complexity index is 739. The van der Waals surface area contributed by atoms with Gasteiger partial charge in [-0.2, -0.15) is 4.98 Å². The minimum absolute atomic E-state index is 0.455. The molecule has 0 bridgehead atoms. The number of aromatic nitrogens is 3. The first-order chi connectivity index (χ1) is 9.85. The van der Waals surface area contributed by atoms with Crippen molar-refractivity contribution in [2.45, 2.75) is 6.92 Å². The number of benzene rings is 1. The molecule has 3 rings (SSSR count). The van der Waals surface area contributed by atoms with Gasteiger partial charge >= 0.3 is 0 Å². The first kappa shape index (κ1) is 12.4. The number of para-hydroxylation sites is 1. The second-order valence-electron chi connectivity index (χ2n) is 4.16. The molecule has 0 spiro atoms. The highest BCUT2D eigenvalue weighted by molar-refractivity contribution is 5.98. The lowest BCUT2D eigenvalue weighted by molar-refractivity contribution is 0.414. The van der Waals surface area contributed by atoms with E-state index in [9.17, 15) is 0 Å². The number of fused-ring (bicyclic) bond motifs is 1. The summed E-state index contributed by atoms with van der Waals surface area (Å²) in [6.45, 7) is 2.76. The molecule has 0 aliphatic rings. The van der Waals surface area contributed by atoms with Gasteiger partial charge in [-0.15, -0.1) is 0 Å². The molecule has 2 heterocycles. The smallest absolute Gasteiger partial charge is 0.263 e. The number of methoxy groups -OCH3 is 1. The van der Waals surface area contributed by atoms with E-state index in [1.807, 2.05) is 31.2 Å². The third kappa shape index (κ3) is 1.95. The average Bonchev–Trinajstić information content (AvgIpc) is 2.92. The summed E-state index contributed by atoms with van der Waals surface area (Å²) in [5, 5.41) is 8.07. The van der Waals surface area contributed by atoms with Crippen molar-refractivity contribution in [3.05, 3.63) is 30.6 Å². The highest BCUT2D eigenvalue weighted by atomic mass is 16.5. The Morgan fingerprint density at radius 1 is 1.25 bits per heavy atom. The highest BCUT2D eigenvalue weighted by Gasteiger charge is 2.18. The second kappa shape index (κ2) is 5.16. The van der Waals surface area contributed by atoms with Gasteiger partial charge in [0.1, 0.15) is 29.0 Å². The lowest BCUT2D eigenvalue weighted by Crippen LogP contribution is -2.00. The van der Waals surface area contributed by atoms with Crippen LogP contribution in [0.3, 0.4) is 0 Å². The molecule has 20 heavy (non-hydrogen) atoms. The molecule has 2 aromatic heterocycles. The first-order valence-electron chi connectivity index (χ1n) is 6.32. The molecule has 0 unspecified atom stereocenters. The zero-order valence-electron chi connectivity index (χ0n) is 11.3. The number of anilines is 1. The van der Waals surface area contributed by atoms with Crippen molar-refractivity contribution in [2.75, 3.05) is 19.0 Å². The Labute approximate surface area is 115 Å². The minimum Gasteiger partial charge on any atom is -0.496 e. The Kier molecular flexibility index (Phi) is 3.20. The van der Waals surface area contributed by atoms with Crippen LogP contribution in [0.15, 0.2) is 35.1 Å². The fourth-order valence-electron chi connectivity index (χ4n) is 2.11. The third-order valence-electron chi connectivity index (χ3n) is 2.98. The molecule has 0 aliphatic heterocycles. The molecule has 1 aromatic carbocycles. The van der Waals surface area contributed by atoms with E-state index in [-0.39, 0.29) is 0 Å². The van der Waals surface area contributed by atoms with Gasteiger partial charge in [0.2, 0.25) is 0 Å². The molecule has 1 N–H and O–H groups in total. The minimum atomic E-state index is 0.455. The monoisotopic (exact) mass is 270 g/mol. The topological polar surface area (TPSA) is 73.1 Å². The van der Waals surface area contributed by atoms with E-state index in [0.29, 0.717) is 17.2 Å². The number of ether oxygens (including phenoxy) is 1. The number of nitrogens with zero attached hydrogens (tertiary/aromatic N) is 3. The fourth-order valence-corrected chi connectivity index (χ4v) is 2.11. The molecule has 0 radical (unpaired) electrons. The van der Waals surface area contributed by atoms with Crippen molar-refractivity contribution >= 4 is 16.9 Å². The highest BCUT2D eigenvalue weighted by Crippen LogP contribution is 2.35. The van der Waals surface area contributed by atoms with E-state index < -0.39 is 0 Å². The Balaban J connectivity index is 2.26. The summed E-state index contributed by atoms with van der Waals surface area (Å²) < 4.78 is 10.7. The first-order valence-corrected chi connectivity index (χ1v) is 6.32. The summed E-state index contributed by atoms with van der Waals surface area (Å²) in [6.07, 6.45) is 1.46. The van der Waals surface area contributed by atoms with Crippen molar-refractivity contribution in [2.24, 2.45) is 0 Å². The zero-order valence-corrected chi connectivity index (χ0v) is 11.3. The van der Waals surface area contributed by atoms with Crippen LogP contribution in [0, 0.1) is 0 Å². The number of hydrogen-bond donors (Lipinski definition) is 1. The van der Waals surface area contributed by atoms with Crippen LogP contribution in [0.4, 0.5) is 5.82 Å². The normalized spacial score (nSPS) is 10.7. The predicted octanol–water partition coefficient (Wildman–Crippen LogP) is 2.73. The van der Waals surface area contributed by atoms with Crippen LogP contribution >= 0.6 is 0 Å². The van der Waals surface area contributed by atoms with Crippen molar-refractivity contribution in [1.82, 2.24) is 15.1 Å². The SMILES string of the molecule is CCNc1ncnc2onc(-c3ccccc3OC)c12. The van der Waals surface area contributed by atoms with Crippen molar-refractivity contribution < 1.29 is 9.26 Å². The zero-order chi connectivity index (χ0) is 13.9. The maximum Gasteiger partial charge on any atom is 0.263 e. The largest absolute Gasteiger partial charge is 0.496 e. The standard InChI is InChI=1S/C14H14N4O2/c1-3-15-13-11-12(18-20-14(11)17-8-16-13)9-6-4-5-7-10(9)19-2/h4-8H,3H2,1-2H3,(H,15,16,17). The summed E-state index contributed by atoms with van der Waals surface area (Å²) in [4.78, 5) is 8.35. The van der Waals surface area contributed by atoms with Gasteiger partial charge in [0.05, 0.1) is 7.11 Å². The maximum absolute atomic E-state index is 5.37. The molecule has 0 saturated carbocycles. The summed E-state index contributed by atoms with van der Waals surface area (Å²) >= 11 is 0. The number of hydrogen-bond acceptors (Lipinski definition) is 6. The van der Waals surface area contributed by atoms with Crippen molar-refractivity contribution in [3.8, 4) is 17.0 Å². The molecule has 0 amide bonds. The van der Waals surface area contributed by atoms with E-state index in [0.717, 1.165) is 23.2 Å². The van der Waals surface area contributed by atoms with Crippen molar-refractivity contribution in [1.29, 1.82) is 0 Å². The van der Waals surface area contributed by atoms with Crippen LogP contribution in [0.2, 0.25) is 0 Å². The van der Waals surface area contributed by atoms with E-state index in [4.69, 9.17) is 9.26 Å². The predicted molar refractivity (Wildman–Crippen MR) is 75.8 cm³/mol. The number of nitrogens with one attached hydrogen (secondary N) is 1. The van der Waals surface area contributed by atoms with Gasteiger partial charge in [-0.3, -0.25) is 0 Å². The van der Waals surface area contributed by atoms with E-state index in [1.54, 1.807) is 7.11 Å². The molecule has 6 heteroatoms. The van der Waals surface area contributed by atoms with Gasteiger partial charge < -0.3 is 14.6 Å². The van der Waals surface area contributed by atoms with Gasteiger partial charge in [-0.25, -0.2) is 4.98 Å². The Morgan fingerprint density at radius 2 is 2.10 bits per heavy atom. The molecule has 102 valence electrons. The number of rotatable bonds is 4. The van der Waals surface area contributed by atoms with Gasteiger partial charge in [-0.1, -0.05) is 17.3 Å². The average molecular weight is 270 g/mol. The van der Waals surface area contributed by atoms with Gasteiger partial charge in [0.25, 0.3) is 5.71 Å². The summed E-state index contributed by atoms with van der Waals surface area (Å²) in [5.41, 5.74) is 1.98. The van der Waals surface area contributed by atoms with Gasteiger partial charge in [0, 0.05) is 12.1 Å². The third-order valence-corrected chi connectivity index (χ3v) is 2.98. The maximum atomic E-state index is 5.37. The Hall–Kier alpha value is -2.63. The Morgan fingerprint density at radius 3 is 2.90 bits per heavy atom. The summed E-state index contributed by atoms with van der Waals surface area (Å²) in [5.74, 6) is 1.44. The van der Waals surface area contributed by atoms with Crippen LogP contribution in [-0.4, -0.2) is 28.8 Å². The lowest BCUT2D eigenvalue weighted by atomic mass is 10.1. The molecule has 0 saturated heterocycles.